The fourth-order valence-electron chi connectivity index (χ4n) is 3.03. The number of carbonyl (C=O) groups excluding carboxylic acids is 1. The van der Waals surface area contributed by atoms with Crippen molar-refractivity contribution in [1.29, 1.82) is 0 Å². The number of quaternary nitrogens is 1. The number of nitro benzene ring substituents is 1. The van der Waals surface area contributed by atoms with E-state index >= 15 is 0 Å². The second-order valence-electron chi connectivity index (χ2n) is 6.01. The van der Waals surface area contributed by atoms with Gasteiger partial charge in [-0.1, -0.05) is 30.3 Å². The van der Waals surface area contributed by atoms with Gasteiger partial charge in [0, 0.05) is 23.3 Å². The summed E-state index contributed by atoms with van der Waals surface area (Å²) >= 11 is 0. The van der Waals surface area contributed by atoms with Gasteiger partial charge < -0.3 is 9.80 Å². The Labute approximate surface area is 140 Å². The van der Waals surface area contributed by atoms with Crippen LogP contribution in [-0.2, 0) is 6.54 Å². The van der Waals surface area contributed by atoms with Gasteiger partial charge in [0.25, 0.3) is 11.6 Å². The van der Waals surface area contributed by atoms with Crippen LogP contribution in [0.2, 0.25) is 0 Å². The summed E-state index contributed by atoms with van der Waals surface area (Å²) in [6.45, 7) is 3.85. The van der Waals surface area contributed by atoms with Gasteiger partial charge >= 0.3 is 0 Å². The lowest BCUT2D eigenvalue weighted by Crippen LogP contribution is -3.13. The molecule has 1 amide bonds. The number of amides is 1. The minimum absolute atomic E-state index is 0.0741. The molecule has 1 fully saturated rings. The van der Waals surface area contributed by atoms with Crippen LogP contribution < -0.4 is 4.90 Å². The lowest BCUT2D eigenvalue weighted by Gasteiger charge is -2.32. The number of piperazine rings is 1. The standard InChI is InChI=1S/C18H19N3O3/c22-18(16-6-2-1-3-7-16)20-11-9-19(10-12-20)14-15-5-4-8-17(13-15)21(23)24/h1-8,13H,9-12,14H2/p+1. The first-order valence-electron chi connectivity index (χ1n) is 8.05. The number of hydrogen-bond donors (Lipinski definition) is 1. The lowest BCUT2D eigenvalue weighted by atomic mass is 10.1. The highest BCUT2D eigenvalue weighted by atomic mass is 16.6. The Hall–Kier alpha value is -2.73. The predicted octanol–water partition coefficient (Wildman–Crippen LogP) is 1.14. The normalized spacial score (nSPS) is 15.2. The number of hydrogen-bond acceptors (Lipinski definition) is 3. The molecule has 0 saturated carbocycles. The number of carbonyl (C=O) groups is 1. The number of nitrogens with one attached hydrogen (secondary N) is 1. The molecule has 3 rings (SSSR count). The van der Waals surface area contributed by atoms with Gasteiger partial charge in [-0.25, -0.2) is 0 Å². The van der Waals surface area contributed by atoms with Crippen LogP contribution in [0.4, 0.5) is 5.69 Å². The molecule has 0 bridgehead atoms. The summed E-state index contributed by atoms with van der Waals surface area (Å²) in [4.78, 5) is 26.1. The zero-order chi connectivity index (χ0) is 16.9. The van der Waals surface area contributed by atoms with Gasteiger partial charge in [0.05, 0.1) is 31.1 Å². The van der Waals surface area contributed by atoms with Crippen molar-refractivity contribution in [2.24, 2.45) is 0 Å². The van der Waals surface area contributed by atoms with Crippen LogP contribution in [0, 0.1) is 10.1 Å². The van der Waals surface area contributed by atoms with E-state index in [1.165, 1.54) is 11.0 Å². The van der Waals surface area contributed by atoms with Crippen molar-refractivity contribution in [1.82, 2.24) is 4.90 Å². The van der Waals surface area contributed by atoms with Crippen LogP contribution in [-0.4, -0.2) is 41.9 Å². The molecule has 2 aromatic rings. The van der Waals surface area contributed by atoms with Crippen LogP contribution in [0.5, 0.6) is 0 Å². The third-order valence-corrected chi connectivity index (χ3v) is 4.35. The van der Waals surface area contributed by atoms with Crippen molar-refractivity contribution < 1.29 is 14.6 Å². The first-order valence-corrected chi connectivity index (χ1v) is 8.05. The first kappa shape index (κ1) is 16.1. The molecule has 1 N–H and O–H groups in total. The van der Waals surface area contributed by atoms with Crippen LogP contribution in [0.25, 0.3) is 0 Å². The molecule has 0 spiro atoms. The van der Waals surface area contributed by atoms with Gasteiger partial charge in [0.2, 0.25) is 0 Å². The molecule has 0 unspecified atom stereocenters. The average Bonchev–Trinajstić information content (AvgIpc) is 2.63. The zero-order valence-electron chi connectivity index (χ0n) is 13.4. The summed E-state index contributed by atoms with van der Waals surface area (Å²) in [5, 5.41) is 10.9. The van der Waals surface area contributed by atoms with Gasteiger partial charge in [-0.2, -0.15) is 0 Å². The predicted molar refractivity (Wildman–Crippen MR) is 89.8 cm³/mol. The zero-order valence-corrected chi connectivity index (χ0v) is 13.4. The number of benzene rings is 2. The smallest absolute Gasteiger partial charge is 0.269 e. The van der Waals surface area contributed by atoms with Gasteiger partial charge in [-0.15, -0.1) is 0 Å². The maximum absolute atomic E-state index is 12.4. The topological polar surface area (TPSA) is 67.9 Å². The van der Waals surface area contributed by atoms with Crippen molar-refractivity contribution in [2.45, 2.75) is 6.54 Å². The van der Waals surface area contributed by atoms with E-state index in [0.717, 1.165) is 30.8 Å². The van der Waals surface area contributed by atoms with E-state index in [1.54, 1.807) is 12.1 Å². The third-order valence-electron chi connectivity index (χ3n) is 4.35. The molecule has 6 nitrogen and oxygen atoms in total. The van der Waals surface area contributed by atoms with E-state index in [2.05, 4.69) is 0 Å². The number of non-ortho nitro benzene ring substituents is 1. The number of nitrogens with zero attached hydrogens (tertiary/aromatic N) is 2. The largest absolute Gasteiger partial charge is 0.328 e. The van der Waals surface area contributed by atoms with Crippen molar-refractivity contribution in [3.63, 3.8) is 0 Å². The van der Waals surface area contributed by atoms with Crippen LogP contribution >= 0.6 is 0 Å². The summed E-state index contributed by atoms with van der Waals surface area (Å²) in [6.07, 6.45) is 0. The van der Waals surface area contributed by atoms with Crippen LogP contribution in [0.1, 0.15) is 15.9 Å². The van der Waals surface area contributed by atoms with E-state index in [-0.39, 0.29) is 16.5 Å². The molecule has 1 aliphatic heterocycles. The summed E-state index contributed by atoms with van der Waals surface area (Å²) in [6, 6.07) is 16.1. The molecule has 1 aliphatic rings. The molecule has 1 heterocycles. The summed E-state index contributed by atoms with van der Waals surface area (Å²) in [5.74, 6) is 0.0741. The lowest BCUT2D eigenvalue weighted by molar-refractivity contribution is -0.917. The molecule has 0 radical (unpaired) electrons. The summed E-state index contributed by atoms with van der Waals surface area (Å²) in [7, 11) is 0. The molecule has 0 atom stereocenters. The van der Waals surface area contributed by atoms with Gasteiger partial charge in [-0.3, -0.25) is 14.9 Å². The highest BCUT2D eigenvalue weighted by molar-refractivity contribution is 5.94. The second kappa shape index (κ2) is 7.23. The third kappa shape index (κ3) is 3.78. The molecule has 0 aliphatic carbocycles. The number of nitro groups is 1. The molecule has 0 aromatic heterocycles. The highest BCUT2D eigenvalue weighted by Gasteiger charge is 2.24. The SMILES string of the molecule is O=C(c1ccccc1)N1CC[NH+](Cc2cccc([N+](=O)[O-])c2)CC1. The highest BCUT2D eigenvalue weighted by Crippen LogP contribution is 2.12. The Bertz CT molecular complexity index is 725. The van der Waals surface area contributed by atoms with Crippen molar-refractivity contribution in [3.05, 3.63) is 75.8 Å². The molecule has 2 aromatic carbocycles. The fraction of sp³-hybridized carbons (Fsp3) is 0.278. The maximum Gasteiger partial charge on any atom is 0.269 e. The molecule has 6 heteroatoms. The molecule has 124 valence electrons. The maximum atomic E-state index is 12.4. The van der Waals surface area contributed by atoms with Crippen molar-refractivity contribution in [3.8, 4) is 0 Å². The average molecular weight is 326 g/mol. The molecule has 24 heavy (non-hydrogen) atoms. The summed E-state index contributed by atoms with van der Waals surface area (Å²) < 4.78 is 0. The van der Waals surface area contributed by atoms with E-state index in [1.807, 2.05) is 41.3 Å². The Morgan fingerprint density at radius 1 is 1.08 bits per heavy atom. The Morgan fingerprint density at radius 3 is 2.46 bits per heavy atom. The number of rotatable bonds is 4. The Balaban J connectivity index is 1.56. The quantitative estimate of drug-likeness (QED) is 0.677. The van der Waals surface area contributed by atoms with E-state index in [4.69, 9.17) is 0 Å². The van der Waals surface area contributed by atoms with E-state index in [9.17, 15) is 14.9 Å². The minimum Gasteiger partial charge on any atom is -0.328 e. The summed E-state index contributed by atoms with van der Waals surface area (Å²) in [5.41, 5.74) is 1.81. The van der Waals surface area contributed by atoms with Gasteiger partial charge in [-0.05, 0) is 12.1 Å². The first-order chi connectivity index (χ1) is 11.6. The van der Waals surface area contributed by atoms with E-state index < -0.39 is 0 Å². The fourth-order valence-corrected chi connectivity index (χ4v) is 3.03. The molecule has 1 saturated heterocycles. The van der Waals surface area contributed by atoms with Crippen molar-refractivity contribution in [2.75, 3.05) is 26.2 Å². The van der Waals surface area contributed by atoms with Crippen LogP contribution in [0.15, 0.2) is 54.6 Å². The monoisotopic (exact) mass is 326 g/mol. The van der Waals surface area contributed by atoms with Gasteiger partial charge in [0.1, 0.15) is 6.54 Å². The van der Waals surface area contributed by atoms with E-state index in [0.29, 0.717) is 13.1 Å². The minimum atomic E-state index is -0.366. The Kier molecular flexibility index (Phi) is 4.86. The molecular formula is C18H20N3O3+. The Morgan fingerprint density at radius 2 is 1.79 bits per heavy atom. The van der Waals surface area contributed by atoms with Crippen LogP contribution in [0.3, 0.4) is 0 Å². The van der Waals surface area contributed by atoms with Gasteiger partial charge in [0.15, 0.2) is 0 Å². The molecular weight excluding hydrogens is 306 g/mol. The second-order valence-corrected chi connectivity index (χ2v) is 6.01. The van der Waals surface area contributed by atoms with Crippen molar-refractivity contribution >= 4 is 11.6 Å².